The third kappa shape index (κ3) is 6.03. The Morgan fingerprint density at radius 2 is 1.44 bits per heavy atom. The van der Waals surface area contributed by atoms with Gasteiger partial charge >= 0.3 is 7.60 Å². The van der Waals surface area contributed by atoms with E-state index in [1.807, 2.05) is 13.8 Å². The molecule has 1 fully saturated rings. The summed E-state index contributed by atoms with van der Waals surface area (Å²) in [6.45, 7) is 15.0. The Kier molecular flexibility index (Phi) is 10.4. The lowest BCUT2D eigenvalue weighted by atomic mass is 9.85. The van der Waals surface area contributed by atoms with E-state index in [4.69, 9.17) is 13.8 Å². The van der Waals surface area contributed by atoms with Gasteiger partial charge in [0, 0.05) is 13.1 Å². The van der Waals surface area contributed by atoms with Crippen LogP contribution in [0, 0.1) is 0 Å². The van der Waals surface area contributed by atoms with Crippen LogP contribution in [-0.2, 0) is 22.9 Å². The van der Waals surface area contributed by atoms with Crippen molar-refractivity contribution in [1.29, 1.82) is 0 Å². The molecular formula is C22H47BO9P2. The first kappa shape index (κ1) is 32.3. The van der Waals surface area contributed by atoms with E-state index in [0.717, 1.165) is 0 Å². The van der Waals surface area contributed by atoms with E-state index in [1.54, 1.807) is 42.5 Å². The van der Waals surface area contributed by atoms with Crippen LogP contribution in [0.5, 0.6) is 0 Å². The molecule has 0 aromatic heterocycles. The summed E-state index contributed by atoms with van der Waals surface area (Å²) in [4.78, 5) is 10.7. The van der Waals surface area contributed by atoms with Gasteiger partial charge in [-0.1, -0.05) is 27.7 Å². The Morgan fingerprint density at radius 1 is 0.912 bits per heavy atom. The van der Waals surface area contributed by atoms with Gasteiger partial charge in [0.05, 0.1) is 28.5 Å². The zero-order valence-corrected chi connectivity index (χ0v) is 24.4. The maximum Gasteiger partial charge on any atom is 0.359 e. The molecular weight excluding hydrogens is 481 g/mol. The smallest absolute Gasteiger partial charge is 0.359 e. The molecule has 0 aromatic rings. The second-order valence-electron chi connectivity index (χ2n) is 10.7. The average molecular weight is 528 g/mol. The van der Waals surface area contributed by atoms with Crippen LogP contribution < -0.4 is 0 Å². The minimum Gasteiger partial charge on any atom is -0.388 e. The lowest BCUT2D eigenvalue weighted by Crippen LogP contribution is -2.52. The van der Waals surface area contributed by atoms with Crippen LogP contribution in [0.3, 0.4) is 0 Å². The first-order chi connectivity index (χ1) is 15.2. The van der Waals surface area contributed by atoms with E-state index in [-0.39, 0.29) is 19.3 Å². The van der Waals surface area contributed by atoms with Gasteiger partial charge in [-0.25, -0.2) is 0 Å². The molecule has 0 aromatic carbocycles. The first-order valence-corrected chi connectivity index (χ1v) is 15.9. The molecule has 9 nitrogen and oxygen atoms in total. The first-order valence-electron chi connectivity index (χ1n) is 12.3. The summed E-state index contributed by atoms with van der Waals surface area (Å²) >= 11 is 0. The van der Waals surface area contributed by atoms with Crippen molar-refractivity contribution in [2.75, 3.05) is 6.66 Å². The standard InChI is InChI=1S/C22H47BO9P2/c1-10-19(5,14-15-16(24)17(25)18(23)30-15)31-33(9,27)21(7,12-3)20(6,11-2)32-34(28,29)22(8,26)13-4/h15-18,24-26H,10-14,23H2,1-9H3,(H,28,29)/t15-,16-,17-,18-,19?,20?,21?,22?,33?/m1/s1. The zero-order chi connectivity index (χ0) is 27.0. The predicted molar refractivity (Wildman–Crippen MR) is 136 cm³/mol. The lowest BCUT2D eigenvalue weighted by molar-refractivity contribution is -0.0399. The summed E-state index contributed by atoms with van der Waals surface area (Å²) in [7, 11) is -6.42. The van der Waals surface area contributed by atoms with Crippen molar-refractivity contribution in [1.82, 2.24) is 0 Å². The van der Waals surface area contributed by atoms with Gasteiger partial charge in [0.1, 0.15) is 20.1 Å². The van der Waals surface area contributed by atoms with Crippen molar-refractivity contribution in [3.8, 4) is 0 Å². The highest BCUT2D eigenvalue weighted by Gasteiger charge is 2.60. The molecule has 0 spiro atoms. The number of aliphatic hydroxyl groups excluding tert-OH is 2. The third-order valence-corrected chi connectivity index (χ3v) is 13.9. The molecule has 1 saturated heterocycles. The minimum absolute atomic E-state index is 0.00555. The van der Waals surface area contributed by atoms with Crippen LogP contribution in [0.25, 0.3) is 0 Å². The molecule has 12 heteroatoms. The Bertz CT molecular complexity index is 796. The van der Waals surface area contributed by atoms with Crippen LogP contribution in [0.4, 0.5) is 0 Å². The maximum atomic E-state index is 14.3. The Labute approximate surface area is 206 Å². The Balaban J connectivity index is 3.35. The molecule has 6 unspecified atom stereocenters. The highest BCUT2D eigenvalue weighted by atomic mass is 31.2. The fraction of sp³-hybridized carbons (Fsp3) is 1.00. The fourth-order valence-corrected chi connectivity index (χ4v) is 8.93. The van der Waals surface area contributed by atoms with E-state index >= 15 is 0 Å². The zero-order valence-electron chi connectivity index (χ0n) is 22.6. The van der Waals surface area contributed by atoms with E-state index in [2.05, 4.69) is 0 Å². The van der Waals surface area contributed by atoms with Gasteiger partial charge in [-0.2, -0.15) is 0 Å². The van der Waals surface area contributed by atoms with Gasteiger partial charge < -0.3 is 29.5 Å². The van der Waals surface area contributed by atoms with E-state index in [0.29, 0.717) is 12.8 Å². The molecule has 202 valence electrons. The molecule has 0 amide bonds. The van der Waals surface area contributed by atoms with Gasteiger partial charge in [-0.15, -0.1) is 0 Å². The topological polar surface area (TPSA) is 143 Å². The molecule has 10 atom stereocenters. The summed E-state index contributed by atoms with van der Waals surface area (Å²) in [5, 5.41) is 27.8. The summed E-state index contributed by atoms with van der Waals surface area (Å²) in [5.74, 6) is 0. The van der Waals surface area contributed by atoms with Crippen molar-refractivity contribution in [3.63, 3.8) is 0 Å². The largest absolute Gasteiger partial charge is 0.388 e. The van der Waals surface area contributed by atoms with Gasteiger partial charge in [0.2, 0.25) is 7.37 Å². The van der Waals surface area contributed by atoms with Gasteiger partial charge in [-0.05, 0) is 53.4 Å². The Hall–Kier alpha value is 0.245. The Morgan fingerprint density at radius 3 is 1.79 bits per heavy atom. The molecule has 4 N–H and O–H groups in total. The van der Waals surface area contributed by atoms with E-state index in [9.17, 15) is 29.3 Å². The summed E-state index contributed by atoms with van der Waals surface area (Å²) in [6, 6.07) is -0.530. The molecule has 1 heterocycles. The number of rotatable bonds is 13. The van der Waals surface area contributed by atoms with Crippen LogP contribution in [-0.4, -0.2) is 80.7 Å². The normalized spacial score (nSPS) is 34.1. The quantitative estimate of drug-likeness (QED) is 0.209. The SMILES string of the molecule is B[C@@H]1O[C@H](CC(C)(CC)OP(C)(=O)C(C)(CC)C(C)(CC)OP(=O)(O)C(C)(O)CC)[C@@H](O)[C@H]1O. The molecule has 1 aliphatic rings. The van der Waals surface area contributed by atoms with Crippen molar-refractivity contribution in [2.45, 2.75) is 134 Å². The van der Waals surface area contributed by atoms with Crippen molar-refractivity contribution >= 4 is 22.8 Å². The second kappa shape index (κ2) is 10.9. The van der Waals surface area contributed by atoms with Crippen LogP contribution in [0.15, 0.2) is 0 Å². The van der Waals surface area contributed by atoms with Crippen LogP contribution >= 0.6 is 15.0 Å². The monoisotopic (exact) mass is 528 g/mol. The van der Waals surface area contributed by atoms with E-state index in [1.165, 1.54) is 13.6 Å². The van der Waals surface area contributed by atoms with Crippen molar-refractivity contribution < 1.29 is 43.1 Å². The average Bonchev–Trinajstić information content (AvgIpc) is 2.97. The summed E-state index contributed by atoms with van der Waals surface area (Å²) in [5.41, 5.74) is -2.33. The molecule has 1 aliphatic heterocycles. The summed E-state index contributed by atoms with van der Waals surface area (Å²) in [6.07, 6.45) is -1.55. The lowest BCUT2D eigenvalue weighted by Gasteiger charge is -2.51. The molecule has 0 radical (unpaired) electrons. The molecule has 34 heavy (non-hydrogen) atoms. The molecule has 1 rings (SSSR count). The van der Waals surface area contributed by atoms with Crippen molar-refractivity contribution in [2.24, 2.45) is 0 Å². The highest BCUT2D eigenvalue weighted by Crippen LogP contribution is 2.69. The third-order valence-electron chi connectivity index (χ3n) is 8.38. The highest BCUT2D eigenvalue weighted by molar-refractivity contribution is 7.60. The van der Waals surface area contributed by atoms with Gasteiger partial charge in [0.25, 0.3) is 0 Å². The summed E-state index contributed by atoms with van der Waals surface area (Å²) < 4.78 is 45.3. The van der Waals surface area contributed by atoms with Gasteiger partial charge in [0.15, 0.2) is 5.34 Å². The predicted octanol–water partition coefficient (Wildman–Crippen LogP) is 3.21. The maximum absolute atomic E-state index is 14.3. The van der Waals surface area contributed by atoms with E-state index < -0.39 is 61.0 Å². The van der Waals surface area contributed by atoms with Crippen molar-refractivity contribution in [3.05, 3.63) is 0 Å². The fourth-order valence-electron chi connectivity index (χ4n) is 4.50. The molecule has 0 aliphatic carbocycles. The molecule has 0 saturated carbocycles. The van der Waals surface area contributed by atoms with Gasteiger partial charge in [-0.3, -0.25) is 13.7 Å². The minimum atomic E-state index is -4.52. The number of hydrogen-bond donors (Lipinski definition) is 4. The van der Waals surface area contributed by atoms with Crippen LogP contribution in [0.1, 0.15) is 87.5 Å². The number of aliphatic hydroxyl groups is 3. The molecule has 0 bridgehead atoms. The second-order valence-corrected chi connectivity index (χ2v) is 15.7. The number of hydrogen-bond acceptors (Lipinski definition) is 8. The number of ether oxygens (including phenoxy) is 1. The van der Waals surface area contributed by atoms with Crippen LogP contribution in [0.2, 0.25) is 0 Å².